The molecule has 2 aliphatic rings. The van der Waals surface area contributed by atoms with E-state index in [1.165, 1.54) is 11.1 Å². The summed E-state index contributed by atoms with van der Waals surface area (Å²) in [6.45, 7) is 5.85. The topological polar surface area (TPSA) is 43.1 Å². The number of carbonyl (C=O) groups excluding carboxylic acids is 1. The molecule has 38 heavy (non-hydrogen) atoms. The lowest BCUT2D eigenvalue weighted by Crippen LogP contribution is -2.34. The number of allylic oxidation sites excluding steroid dienone is 2. The summed E-state index contributed by atoms with van der Waals surface area (Å²) in [6.07, 6.45) is 0.788. The Morgan fingerprint density at radius 1 is 0.711 bits per heavy atom. The first-order valence-corrected chi connectivity index (χ1v) is 13.1. The number of fused-ring (bicyclic) bond motifs is 4. The maximum atomic E-state index is 13.6. The van der Waals surface area contributed by atoms with E-state index in [2.05, 4.69) is 78.2 Å². The predicted molar refractivity (Wildman–Crippen MR) is 151 cm³/mol. The Kier molecular flexibility index (Phi) is 5.92. The highest BCUT2D eigenvalue weighted by molar-refractivity contribution is 6.15. The Morgan fingerprint density at radius 2 is 1.24 bits per heavy atom. The Labute approximate surface area is 223 Å². The maximum absolute atomic E-state index is 13.6. The van der Waals surface area contributed by atoms with E-state index in [9.17, 15) is 9.90 Å². The second-order valence-electron chi connectivity index (χ2n) is 10.1. The van der Waals surface area contributed by atoms with Gasteiger partial charge in [0.1, 0.15) is 0 Å². The van der Waals surface area contributed by atoms with Crippen LogP contribution in [0.25, 0.3) is 16.7 Å². The zero-order chi connectivity index (χ0) is 26.4. The molecule has 0 radical (unpaired) electrons. The van der Waals surface area contributed by atoms with Crippen LogP contribution in [0, 0.1) is 6.92 Å². The van der Waals surface area contributed by atoms with Gasteiger partial charge < -0.3 is 5.11 Å². The molecule has 0 saturated carbocycles. The Morgan fingerprint density at radius 3 is 1.79 bits per heavy atom. The number of Topliss-reactive ketones (excluding diaryl/α,β-unsaturated/α-hetero) is 1. The zero-order valence-electron chi connectivity index (χ0n) is 21.9. The highest BCUT2D eigenvalue weighted by atomic mass is 16.3. The number of carbonyl (C=O) groups is 1. The van der Waals surface area contributed by atoms with Crippen molar-refractivity contribution in [2.45, 2.75) is 27.2 Å². The lowest BCUT2D eigenvalue weighted by Gasteiger charge is -2.24. The first-order chi connectivity index (χ1) is 18.5. The molecule has 0 bridgehead atoms. The first-order valence-electron chi connectivity index (χ1n) is 13.1. The van der Waals surface area contributed by atoms with Crippen LogP contribution in [-0.4, -0.2) is 22.6 Å². The summed E-state index contributed by atoms with van der Waals surface area (Å²) in [5, 5.41) is 13.6. The largest absolute Gasteiger partial charge is 0.871 e. The lowest BCUT2D eigenvalue weighted by atomic mass is 9.89. The number of hydrogen-bond donors (Lipinski definition) is 0. The average Bonchev–Trinajstić information content (AvgIpc) is 3.25. The van der Waals surface area contributed by atoms with E-state index >= 15 is 0 Å². The van der Waals surface area contributed by atoms with E-state index in [-0.39, 0.29) is 11.5 Å². The van der Waals surface area contributed by atoms with Gasteiger partial charge in [-0.25, -0.2) is 0 Å². The summed E-state index contributed by atoms with van der Waals surface area (Å²) in [6, 6.07) is 33.1. The van der Waals surface area contributed by atoms with Gasteiger partial charge in [-0.3, -0.25) is 4.79 Å². The third kappa shape index (κ3) is 3.83. The van der Waals surface area contributed by atoms with Crippen molar-refractivity contribution in [2.24, 2.45) is 0 Å². The molecule has 4 aromatic carbocycles. The monoisotopic (exact) mass is 495 g/mol. The smallest absolute Gasteiger partial charge is 0.220 e. The second-order valence-corrected chi connectivity index (χ2v) is 10.1. The van der Waals surface area contributed by atoms with Crippen LogP contribution >= 0.6 is 0 Å². The number of ketones is 1. The van der Waals surface area contributed by atoms with Crippen molar-refractivity contribution in [3.05, 3.63) is 147 Å². The summed E-state index contributed by atoms with van der Waals surface area (Å²) in [4.78, 5) is 13.6. The summed E-state index contributed by atoms with van der Waals surface area (Å²) >= 11 is 0. The molecule has 4 aromatic rings. The van der Waals surface area contributed by atoms with Crippen LogP contribution in [0.5, 0.6) is 0 Å². The maximum Gasteiger partial charge on any atom is 0.220 e. The number of nitrogens with zero attached hydrogens (tertiary/aromatic N) is 1. The molecule has 0 fully saturated rings. The van der Waals surface area contributed by atoms with Gasteiger partial charge in [0.15, 0.2) is 12.3 Å². The molecule has 6 rings (SSSR count). The molecule has 0 atom stereocenters. The Bertz CT molecular complexity index is 1650. The lowest BCUT2D eigenvalue weighted by molar-refractivity contribution is -0.484. The van der Waals surface area contributed by atoms with Gasteiger partial charge in [0, 0.05) is 17.6 Å². The van der Waals surface area contributed by atoms with Gasteiger partial charge >= 0.3 is 0 Å². The summed E-state index contributed by atoms with van der Waals surface area (Å²) in [7, 11) is 0. The molecule has 0 aromatic heterocycles. The first kappa shape index (κ1) is 23.9. The molecule has 0 N–H and O–H groups in total. The Balaban J connectivity index is 1.72. The van der Waals surface area contributed by atoms with Crippen molar-refractivity contribution in [2.75, 3.05) is 6.54 Å². The molecule has 0 saturated heterocycles. The average molecular weight is 496 g/mol. The van der Waals surface area contributed by atoms with Crippen molar-refractivity contribution < 1.29 is 14.5 Å². The van der Waals surface area contributed by atoms with Crippen LogP contribution in [-0.2, 0) is 11.2 Å². The minimum absolute atomic E-state index is 0.112. The van der Waals surface area contributed by atoms with Crippen molar-refractivity contribution in [3.8, 4) is 11.1 Å². The number of benzene rings is 4. The van der Waals surface area contributed by atoms with Crippen LogP contribution in [0.1, 0.15) is 47.2 Å². The van der Waals surface area contributed by atoms with Crippen LogP contribution in [0.15, 0.2) is 114 Å². The fraction of sp³-hybridized carbons (Fsp3) is 0.143. The standard InChI is InChI=1S/C35H29NO2/c1-22-16-18-26(19-17-22)35-27-11-5-4-10-25(27)20-21-36(35)34(24(3)38)32(23(2)37)33-30-14-8-6-12-28(30)29-13-7-9-15-31(29)33/h4-19H,20-21H2,1-3H3/b34-24+. The second kappa shape index (κ2) is 9.42. The molecule has 0 amide bonds. The van der Waals surface area contributed by atoms with Crippen molar-refractivity contribution in [1.82, 2.24) is 0 Å². The van der Waals surface area contributed by atoms with Gasteiger partial charge in [-0.2, -0.15) is 4.58 Å². The summed E-state index contributed by atoms with van der Waals surface area (Å²) in [5.41, 5.74) is 11.5. The number of aryl methyl sites for hydroxylation is 1. The van der Waals surface area contributed by atoms with Gasteiger partial charge in [0.25, 0.3) is 0 Å². The molecule has 1 heterocycles. The highest BCUT2D eigenvalue weighted by Gasteiger charge is 2.36. The van der Waals surface area contributed by atoms with Crippen molar-refractivity contribution in [1.29, 1.82) is 0 Å². The SMILES string of the molecule is CC(=O)C(=C1c2ccccc2-c2ccccc21)/C(=C(/C)[O-])[N+]1=C(c2ccc(C)cc2)c2ccccc2CC1. The molecule has 3 heteroatoms. The van der Waals surface area contributed by atoms with E-state index < -0.39 is 0 Å². The molecule has 186 valence electrons. The van der Waals surface area contributed by atoms with Gasteiger partial charge in [-0.1, -0.05) is 90.2 Å². The molecule has 1 aliphatic heterocycles. The molecule has 3 nitrogen and oxygen atoms in total. The minimum Gasteiger partial charge on any atom is -0.871 e. The van der Waals surface area contributed by atoms with E-state index in [0.29, 0.717) is 17.8 Å². The van der Waals surface area contributed by atoms with Crippen molar-refractivity contribution in [3.63, 3.8) is 0 Å². The van der Waals surface area contributed by atoms with Crippen molar-refractivity contribution >= 4 is 17.1 Å². The quantitative estimate of drug-likeness (QED) is 0.173. The van der Waals surface area contributed by atoms with Gasteiger partial charge in [-0.15, -0.1) is 0 Å². The predicted octanol–water partition coefficient (Wildman–Crippen LogP) is 6.06. The number of rotatable bonds is 4. The molecule has 1 aliphatic carbocycles. The minimum atomic E-state index is -0.117. The fourth-order valence-corrected chi connectivity index (χ4v) is 5.95. The molecule has 0 unspecified atom stereocenters. The number of hydrogen-bond acceptors (Lipinski definition) is 2. The van der Waals surface area contributed by atoms with E-state index in [1.54, 1.807) is 13.8 Å². The van der Waals surface area contributed by atoms with E-state index in [4.69, 9.17) is 0 Å². The van der Waals surface area contributed by atoms with Gasteiger partial charge in [0.05, 0.1) is 11.1 Å². The van der Waals surface area contributed by atoms with Gasteiger partial charge in [0.2, 0.25) is 11.4 Å². The van der Waals surface area contributed by atoms with Crippen LogP contribution in [0.2, 0.25) is 0 Å². The highest BCUT2D eigenvalue weighted by Crippen LogP contribution is 2.47. The Hall–Kier alpha value is -4.50. The van der Waals surface area contributed by atoms with E-state index in [1.807, 2.05) is 30.3 Å². The van der Waals surface area contributed by atoms with Gasteiger partial charge in [-0.05, 0) is 66.8 Å². The molecule has 0 spiro atoms. The third-order valence-corrected chi connectivity index (χ3v) is 7.60. The third-order valence-electron chi connectivity index (χ3n) is 7.60. The van der Waals surface area contributed by atoms with Crippen LogP contribution in [0.4, 0.5) is 0 Å². The fourth-order valence-electron chi connectivity index (χ4n) is 5.95. The molecular formula is C35H29NO2. The van der Waals surface area contributed by atoms with Crippen LogP contribution < -0.4 is 5.11 Å². The molecular weight excluding hydrogens is 466 g/mol. The van der Waals surface area contributed by atoms with E-state index in [0.717, 1.165) is 51.1 Å². The summed E-state index contributed by atoms with van der Waals surface area (Å²) in [5.74, 6) is -0.229. The van der Waals surface area contributed by atoms with Crippen LogP contribution in [0.3, 0.4) is 0 Å². The summed E-state index contributed by atoms with van der Waals surface area (Å²) < 4.78 is 2.10. The zero-order valence-corrected chi connectivity index (χ0v) is 21.9. The normalized spacial score (nSPS) is 14.4.